The summed E-state index contributed by atoms with van der Waals surface area (Å²) in [5, 5.41) is 10.6. The van der Waals surface area contributed by atoms with Crippen LogP contribution in [0.25, 0.3) is 11.1 Å². The van der Waals surface area contributed by atoms with Gasteiger partial charge in [-0.3, -0.25) is 4.99 Å². The van der Waals surface area contributed by atoms with E-state index in [0.717, 1.165) is 37.4 Å². The molecule has 1 N–H and O–H groups in total. The molecule has 0 saturated carbocycles. The van der Waals surface area contributed by atoms with Gasteiger partial charge in [-0.2, -0.15) is 39.5 Å². The van der Waals surface area contributed by atoms with E-state index < -0.39 is 58.7 Å². The fourth-order valence-electron chi connectivity index (χ4n) is 4.19. The third-order valence-corrected chi connectivity index (χ3v) is 6.47. The van der Waals surface area contributed by atoms with Crippen LogP contribution in [0.15, 0.2) is 53.5 Å². The predicted octanol–water partition coefficient (Wildman–Crippen LogP) is 9.22. The zero-order chi connectivity index (χ0) is 31.8. The molecule has 0 fully saturated rings. The number of alkyl halides is 9. The first-order valence-electron chi connectivity index (χ1n) is 12.3. The molecule has 0 spiro atoms. The largest absolute Gasteiger partial charge is 0.496 e. The van der Waals surface area contributed by atoms with E-state index in [1.54, 1.807) is 13.8 Å². The van der Waals surface area contributed by atoms with E-state index in [0.29, 0.717) is 12.1 Å². The average Bonchev–Trinajstić information content (AvgIpc) is 2.89. The number of hydrogen-bond acceptors (Lipinski definition) is 3. The van der Waals surface area contributed by atoms with Crippen LogP contribution in [-0.4, -0.2) is 24.5 Å². The lowest BCUT2D eigenvalue weighted by Crippen LogP contribution is -2.17. The van der Waals surface area contributed by atoms with Crippen LogP contribution in [0.1, 0.15) is 66.2 Å². The molecule has 2 atom stereocenters. The number of benzene rings is 3. The number of methoxy groups -OCH3 is 1. The van der Waals surface area contributed by atoms with Crippen molar-refractivity contribution in [2.24, 2.45) is 4.99 Å². The Morgan fingerprint density at radius 2 is 1.29 bits per heavy atom. The number of hydrogen-bond donors (Lipinski definition) is 1. The minimum atomic E-state index is -5.15. The Bertz CT molecular complexity index is 1420. The van der Waals surface area contributed by atoms with Crippen molar-refractivity contribution in [3.8, 4) is 16.9 Å². The third-order valence-electron chi connectivity index (χ3n) is 6.47. The van der Waals surface area contributed by atoms with Gasteiger partial charge in [0.15, 0.2) is 0 Å². The third kappa shape index (κ3) is 7.42. The highest BCUT2D eigenvalue weighted by Gasteiger charge is 2.38. The van der Waals surface area contributed by atoms with Gasteiger partial charge in [-0.05, 0) is 65.9 Å². The van der Waals surface area contributed by atoms with E-state index in [9.17, 15) is 49.0 Å². The van der Waals surface area contributed by atoms with E-state index >= 15 is 0 Å². The van der Waals surface area contributed by atoms with Gasteiger partial charge < -0.3 is 9.84 Å². The second-order valence-corrected chi connectivity index (χ2v) is 9.83. The fourth-order valence-corrected chi connectivity index (χ4v) is 4.19. The molecule has 228 valence electrons. The maximum Gasteiger partial charge on any atom is 0.416 e. The summed E-state index contributed by atoms with van der Waals surface area (Å²) < 4.78 is 140. The molecule has 3 aromatic rings. The van der Waals surface area contributed by atoms with E-state index in [2.05, 4.69) is 4.99 Å². The summed E-state index contributed by atoms with van der Waals surface area (Å²) in [7, 11) is 1.23. The number of rotatable bonds is 7. The Morgan fingerprint density at radius 3 is 1.76 bits per heavy atom. The molecule has 0 aliphatic heterocycles. The summed E-state index contributed by atoms with van der Waals surface area (Å²) in [6.45, 7) is 4.56. The standard InChI is InChI=1S/C29H25F10NO2/c1-14(2)22-11-23(25(42-4)12-24(22)30)21-6-5-18(27(31,32)33)9-17(21)13-40-15(3)26(41)16-7-19(28(34,35)36)10-20(8-16)29(37,38)39/h5-15,26,41H,1-4H3/t15-,26-/m0/s1. The fraction of sp³-hybridized carbons (Fsp3) is 0.345. The molecule has 42 heavy (non-hydrogen) atoms. The lowest BCUT2D eigenvalue weighted by molar-refractivity contribution is -0.143. The molecule has 3 rings (SSSR count). The lowest BCUT2D eigenvalue weighted by atomic mass is 9.92. The van der Waals surface area contributed by atoms with E-state index in [1.165, 1.54) is 13.2 Å². The van der Waals surface area contributed by atoms with Gasteiger partial charge in [-0.25, -0.2) is 4.39 Å². The summed E-state index contributed by atoms with van der Waals surface area (Å²) >= 11 is 0. The highest BCUT2D eigenvalue weighted by atomic mass is 19.4. The highest BCUT2D eigenvalue weighted by Crippen LogP contribution is 2.40. The molecule has 0 saturated heterocycles. The first kappa shape index (κ1) is 32.9. The highest BCUT2D eigenvalue weighted by molar-refractivity contribution is 5.92. The van der Waals surface area contributed by atoms with Crippen LogP contribution >= 0.6 is 0 Å². The molecular weight excluding hydrogens is 584 g/mol. The molecule has 0 aliphatic carbocycles. The van der Waals surface area contributed by atoms with Crippen molar-refractivity contribution in [3.05, 3.63) is 87.7 Å². The molecule has 0 unspecified atom stereocenters. The van der Waals surface area contributed by atoms with E-state index in [4.69, 9.17) is 4.74 Å². The summed E-state index contributed by atoms with van der Waals surface area (Å²) in [4.78, 5) is 3.97. The second kappa shape index (κ2) is 11.9. The van der Waals surface area contributed by atoms with Gasteiger partial charge >= 0.3 is 18.5 Å². The van der Waals surface area contributed by atoms with Crippen molar-refractivity contribution in [2.75, 3.05) is 7.11 Å². The maximum absolute atomic E-state index is 14.6. The minimum Gasteiger partial charge on any atom is -0.496 e. The number of ether oxygens (including phenoxy) is 1. The number of aliphatic imine (C=N–C) groups is 1. The number of aliphatic hydroxyl groups excluding tert-OH is 1. The quantitative estimate of drug-likeness (QED) is 0.214. The topological polar surface area (TPSA) is 41.8 Å². The molecular formula is C29H25F10NO2. The summed E-state index contributed by atoms with van der Waals surface area (Å²) in [5.74, 6) is -0.933. The molecule has 0 aliphatic rings. The van der Waals surface area contributed by atoms with Crippen LogP contribution < -0.4 is 4.74 Å². The second-order valence-electron chi connectivity index (χ2n) is 9.83. The molecule has 3 nitrogen and oxygen atoms in total. The lowest BCUT2D eigenvalue weighted by Gasteiger charge is -2.20. The van der Waals surface area contributed by atoms with Gasteiger partial charge in [-0.1, -0.05) is 19.9 Å². The summed E-state index contributed by atoms with van der Waals surface area (Å²) in [5.41, 5.74) is -4.74. The Morgan fingerprint density at radius 1 is 0.738 bits per heavy atom. The predicted molar refractivity (Wildman–Crippen MR) is 136 cm³/mol. The molecule has 13 heteroatoms. The first-order valence-corrected chi connectivity index (χ1v) is 12.3. The zero-order valence-electron chi connectivity index (χ0n) is 22.5. The van der Waals surface area contributed by atoms with Crippen molar-refractivity contribution in [1.82, 2.24) is 0 Å². The normalized spacial score (nSPS) is 14.5. The minimum absolute atomic E-state index is 0.0111. The number of nitrogens with zero attached hydrogens (tertiary/aromatic N) is 1. The van der Waals surface area contributed by atoms with Crippen molar-refractivity contribution >= 4 is 6.21 Å². The van der Waals surface area contributed by atoms with Gasteiger partial charge in [0.05, 0.1) is 29.8 Å². The van der Waals surface area contributed by atoms with Gasteiger partial charge in [0.1, 0.15) is 17.7 Å². The Hall–Kier alpha value is -3.61. The Balaban J connectivity index is 2.13. The van der Waals surface area contributed by atoms with Crippen LogP contribution in [-0.2, 0) is 18.5 Å². The van der Waals surface area contributed by atoms with E-state index in [-0.39, 0.29) is 40.0 Å². The average molecular weight is 610 g/mol. The molecule has 0 radical (unpaired) electrons. The number of halogens is 10. The maximum atomic E-state index is 14.6. The molecule has 3 aromatic carbocycles. The SMILES string of the molecule is COc1cc(F)c(C(C)C)cc1-c1ccc(C(F)(F)F)cc1C=N[C@@H](C)[C@H](O)c1cc(C(F)(F)F)cc(C(F)(F)F)c1. The van der Waals surface area contributed by atoms with Crippen LogP contribution in [0.2, 0.25) is 0 Å². The van der Waals surface area contributed by atoms with Crippen molar-refractivity contribution in [1.29, 1.82) is 0 Å². The summed E-state index contributed by atoms with van der Waals surface area (Å²) in [6.07, 6.45) is -16.2. The van der Waals surface area contributed by atoms with Crippen molar-refractivity contribution in [3.63, 3.8) is 0 Å². The van der Waals surface area contributed by atoms with Crippen LogP contribution in [0.3, 0.4) is 0 Å². The van der Waals surface area contributed by atoms with Gasteiger partial charge in [0, 0.05) is 23.4 Å². The van der Waals surface area contributed by atoms with Crippen molar-refractivity contribution < 1.29 is 53.7 Å². The van der Waals surface area contributed by atoms with Gasteiger partial charge in [0.2, 0.25) is 0 Å². The number of aliphatic hydroxyl groups is 1. The van der Waals surface area contributed by atoms with Crippen molar-refractivity contribution in [2.45, 2.75) is 57.4 Å². The van der Waals surface area contributed by atoms with Gasteiger partial charge in [-0.15, -0.1) is 0 Å². The smallest absolute Gasteiger partial charge is 0.416 e. The Labute approximate surface area is 234 Å². The monoisotopic (exact) mass is 609 g/mol. The van der Waals surface area contributed by atoms with Crippen LogP contribution in [0.4, 0.5) is 43.9 Å². The molecule has 0 bridgehead atoms. The Kier molecular flexibility index (Phi) is 9.35. The molecule has 0 heterocycles. The molecule has 0 amide bonds. The summed E-state index contributed by atoms with van der Waals surface area (Å²) in [6, 6.07) is 4.27. The van der Waals surface area contributed by atoms with Crippen LogP contribution in [0, 0.1) is 5.82 Å². The first-order chi connectivity index (χ1) is 19.2. The van der Waals surface area contributed by atoms with Gasteiger partial charge in [0.25, 0.3) is 0 Å². The zero-order valence-corrected chi connectivity index (χ0v) is 22.5. The van der Waals surface area contributed by atoms with E-state index in [1.807, 2.05) is 0 Å². The molecule has 0 aromatic heterocycles. The van der Waals surface area contributed by atoms with Crippen LogP contribution in [0.5, 0.6) is 5.75 Å².